The summed E-state index contributed by atoms with van der Waals surface area (Å²) >= 11 is 0. The lowest BCUT2D eigenvalue weighted by Gasteiger charge is -2.33. The smallest absolute Gasteiger partial charge is 0.230 e. The van der Waals surface area contributed by atoms with Crippen LogP contribution in [0.15, 0.2) is 24.3 Å². The number of amides is 1. The van der Waals surface area contributed by atoms with Crippen molar-refractivity contribution >= 4 is 5.91 Å². The number of aryl methyl sites for hydroxylation is 1. The van der Waals surface area contributed by atoms with Crippen LogP contribution in [0.1, 0.15) is 43.7 Å². The Balaban J connectivity index is 2.24. The second-order valence-corrected chi connectivity index (χ2v) is 5.56. The van der Waals surface area contributed by atoms with Crippen molar-refractivity contribution in [2.45, 2.75) is 45.1 Å². The van der Waals surface area contributed by atoms with Crippen LogP contribution in [0, 0.1) is 0 Å². The lowest BCUT2D eigenvalue weighted by Crippen LogP contribution is -2.43. The van der Waals surface area contributed by atoms with Gasteiger partial charge >= 0.3 is 0 Å². The Kier molecular flexibility index (Phi) is 4.59. The first kappa shape index (κ1) is 14.1. The van der Waals surface area contributed by atoms with E-state index in [1.807, 2.05) is 11.0 Å². The zero-order valence-electron chi connectivity index (χ0n) is 11.9. The molecule has 104 valence electrons. The molecule has 0 aliphatic heterocycles. The van der Waals surface area contributed by atoms with Crippen molar-refractivity contribution in [2.24, 2.45) is 5.73 Å². The van der Waals surface area contributed by atoms with Gasteiger partial charge in [0.15, 0.2) is 0 Å². The van der Waals surface area contributed by atoms with Crippen molar-refractivity contribution in [2.75, 3.05) is 13.1 Å². The molecule has 1 atom stereocenters. The van der Waals surface area contributed by atoms with Crippen LogP contribution < -0.4 is 5.73 Å². The zero-order chi connectivity index (χ0) is 13.8. The number of benzene rings is 1. The van der Waals surface area contributed by atoms with Crippen molar-refractivity contribution in [3.63, 3.8) is 0 Å². The second kappa shape index (κ2) is 6.20. The topological polar surface area (TPSA) is 46.3 Å². The fourth-order valence-electron chi connectivity index (χ4n) is 2.97. The molecule has 0 fully saturated rings. The third-order valence-corrected chi connectivity index (χ3v) is 3.94. The highest BCUT2D eigenvalue weighted by molar-refractivity contribution is 5.84. The van der Waals surface area contributed by atoms with E-state index >= 15 is 0 Å². The minimum atomic E-state index is 0.0268. The van der Waals surface area contributed by atoms with Crippen LogP contribution in [0.3, 0.4) is 0 Å². The summed E-state index contributed by atoms with van der Waals surface area (Å²) in [4.78, 5) is 14.7. The molecule has 1 aliphatic carbocycles. The van der Waals surface area contributed by atoms with Crippen molar-refractivity contribution < 1.29 is 4.79 Å². The Hall–Kier alpha value is -1.35. The molecule has 0 heterocycles. The number of carbonyl (C=O) groups is 1. The Bertz CT molecular complexity index is 442. The first-order valence-electron chi connectivity index (χ1n) is 7.23. The van der Waals surface area contributed by atoms with Gasteiger partial charge in [-0.2, -0.15) is 0 Å². The van der Waals surface area contributed by atoms with Crippen LogP contribution in [0.25, 0.3) is 0 Å². The van der Waals surface area contributed by atoms with Gasteiger partial charge in [-0.3, -0.25) is 4.79 Å². The predicted octanol–water partition coefficient (Wildman–Crippen LogP) is 2.30. The van der Waals surface area contributed by atoms with E-state index in [9.17, 15) is 4.79 Å². The molecular weight excluding hydrogens is 236 g/mol. The van der Waals surface area contributed by atoms with Gasteiger partial charge in [-0.1, -0.05) is 24.3 Å². The summed E-state index contributed by atoms with van der Waals surface area (Å²) in [5.41, 5.74) is 8.20. The molecule has 0 saturated heterocycles. The molecule has 3 heteroatoms. The molecule has 1 aromatic rings. The number of rotatable bonds is 4. The Morgan fingerprint density at radius 1 is 1.42 bits per heavy atom. The van der Waals surface area contributed by atoms with Gasteiger partial charge in [0.1, 0.15) is 0 Å². The largest absolute Gasteiger partial charge is 0.338 e. The summed E-state index contributed by atoms with van der Waals surface area (Å²) in [5.74, 6) is 0.270. The van der Waals surface area contributed by atoms with Gasteiger partial charge in [-0.05, 0) is 44.2 Å². The molecule has 1 amide bonds. The number of nitrogens with two attached hydrogens (primary N) is 1. The average Bonchev–Trinajstić information content (AvgIpc) is 2.43. The SMILES string of the molecule is CC(C)N(CCN)C(=O)C1CCCc2ccccc21. The number of carbonyl (C=O) groups excluding carboxylic acids is 1. The lowest BCUT2D eigenvalue weighted by molar-refractivity contribution is -0.134. The van der Waals surface area contributed by atoms with E-state index in [1.54, 1.807) is 0 Å². The monoisotopic (exact) mass is 260 g/mol. The maximum Gasteiger partial charge on any atom is 0.230 e. The van der Waals surface area contributed by atoms with Crippen molar-refractivity contribution in [3.05, 3.63) is 35.4 Å². The molecule has 0 aromatic heterocycles. The van der Waals surface area contributed by atoms with Crippen molar-refractivity contribution in [3.8, 4) is 0 Å². The number of fused-ring (bicyclic) bond motifs is 1. The molecule has 3 nitrogen and oxygen atoms in total. The lowest BCUT2D eigenvalue weighted by atomic mass is 9.82. The minimum Gasteiger partial charge on any atom is -0.338 e. The van der Waals surface area contributed by atoms with Gasteiger partial charge in [0.25, 0.3) is 0 Å². The summed E-state index contributed by atoms with van der Waals surface area (Å²) in [6, 6.07) is 8.57. The third kappa shape index (κ3) is 2.98. The molecule has 0 saturated carbocycles. The van der Waals surface area contributed by atoms with Crippen LogP contribution in [0.5, 0.6) is 0 Å². The maximum atomic E-state index is 12.8. The van der Waals surface area contributed by atoms with E-state index in [0.717, 1.165) is 19.3 Å². The molecular formula is C16H24N2O. The van der Waals surface area contributed by atoms with Crippen molar-refractivity contribution in [1.29, 1.82) is 0 Å². The van der Waals surface area contributed by atoms with Gasteiger partial charge in [0.2, 0.25) is 5.91 Å². The number of nitrogens with zero attached hydrogens (tertiary/aromatic N) is 1. The standard InChI is InChI=1S/C16H24N2O/c1-12(2)18(11-10-17)16(19)15-9-5-7-13-6-3-4-8-14(13)15/h3-4,6,8,12,15H,5,7,9-11,17H2,1-2H3. The fraction of sp³-hybridized carbons (Fsp3) is 0.562. The summed E-state index contributed by atoms with van der Waals surface area (Å²) in [7, 11) is 0. The predicted molar refractivity (Wildman–Crippen MR) is 78.0 cm³/mol. The molecule has 2 rings (SSSR count). The van der Waals surface area contributed by atoms with Crippen molar-refractivity contribution in [1.82, 2.24) is 4.90 Å². The van der Waals surface area contributed by atoms with Crippen LogP contribution >= 0.6 is 0 Å². The van der Waals surface area contributed by atoms with Crippen LogP contribution in [0.4, 0.5) is 0 Å². The summed E-state index contributed by atoms with van der Waals surface area (Å²) in [6.45, 7) is 5.29. The van der Waals surface area contributed by atoms with E-state index < -0.39 is 0 Å². The maximum absolute atomic E-state index is 12.8. The Labute approximate surface area is 115 Å². The van der Waals surface area contributed by atoms with E-state index in [4.69, 9.17) is 5.73 Å². The average molecular weight is 260 g/mol. The number of hydrogen-bond acceptors (Lipinski definition) is 2. The molecule has 0 spiro atoms. The third-order valence-electron chi connectivity index (χ3n) is 3.94. The Morgan fingerprint density at radius 2 is 2.16 bits per heavy atom. The van der Waals surface area contributed by atoms with Crippen LogP contribution in [0.2, 0.25) is 0 Å². The van der Waals surface area contributed by atoms with Gasteiger partial charge in [0.05, 0.1) is 5.92 Å². The quantitative estimate of drug-likeness (QED) is 0.903. The Morgan fingerprint density at radius 3 is 2.84 bits per heavy atom. The first-order valence-corrected chi connectivity index (χ1v) is 7.23. The fourth-order valence-corrected chi connectivity index (χ4v) is 2.97. The van der Waals surface area contributed by atoms with Crippen LogP contribution in [-0.2, 0) is 11.2 Å². The highest BCUT2D eigenvalue weighted by Gasteiger charge is 2.30. The van der Waals surface area contributed by atoms with Crippen LogP contribution in [-0.4, -0.2) is 29.9 Å². The van der Waals surface area contributed by atoms with Gasteiger partial charge in [0, 0.05) is 19.1 Å². The summed E-state index contributed by atoms with van der Waals surface area (Å²) < 4.78 is 0. The molecule has 1 unspecified atom stereocenters. The second-order valence-electron chi connectivity index (χ2n) is 5.56. The molecule has 1 aliphatic rings. The van der Waals surface area contributed by atoms with Gasteiger partial charge in [-0.15, -0.1) is 0 Å². The van der Waals surface area contributed by atoms with E-state index in [1.165, 1.54) is 11.1 Å². The summed E-state index contributed by atoms with van der Waals surface area (Å²) in [5, 5.41) is 0. The minimum absolute atomic E-state index is 0.0268. The molecule has 0 radical (unpaired) electrons. The van der Waals surface area contributed by atoms with Gasteiger partial charge < -0.3 is 10.6 Å². The van der Waals surface area contributed by atoms with E-state index in [-0.39, 0.29) is 17.9 Å². The zero-order valence-corrected chi connectivity index (χ0v) is 11.9. The highest BCUT2D eigenvalue weighted by atomic mass is 16.2. The first-order chi connectivity index (χ1) is 9.15. The van der Waals surface area contributed by atoms with E-state index in [0.29, 0.717) is 13.1 Å². The van der Waals surface area contributed by atoms with Gasteiger partial charge in [-0.25, -0.2) is 0 Å². The molecule has 0 bridgehead atoms. The molecule has 19 heavy (non-hydrogen) atoms. The highest BCUT2D eigenvalue weighted by Crippen LogP contribution is 2.33. The summed E-state index contributed by atoms with van der Waals surface area (Å²) in [6.07, 6.45) is 3.16. The number of hydrogen-bond donors (Lipinski definition) is 1. The molecule has 2 N–H and O–H groups in total. The van der Waals surface area contributed by atoms with E-state index in [2.05, 4.69) is 32.0 Å². The molecule has 1 aromatic carbocycles. The normalized spacial score (nSPS) is 18.2.